The molecule has 8 heteroatoms. The Hall–Kier alpha value is -3.42. The third kappa shape index (κ3) is 8.17. The molecule has 0 aromatic carbocycles. The summed E-state index contributed by atoms with van der Waals surface area (Å²) in [5.41, 5.74) is -2.20. The summed E-state index contributed by atoms with van der Waals surface area (Å²) in [5, 5.41) is 18.4. The van der Waals surface area contributed by atoms with Crippen molar-refractivity contribution >= 4 is 24.1 Å². The molecule has 0 atom stereocenters. The van der Waals surface area contributed by atoms with Gasteiger partial charge in [0.05, 0.1) is 10.8 Å². The molecule has 0 saturated heterocycles. The Balaban J connectivity index is 2.08. The standard InChI is InChI=1S/C26H32O8/c1-25(2,23(29)30)11-5-7-19-13-17(27)15-21(33-19)9-10-22-16-18(28)14-20(34-22)8-6-12-26(3,4)24(31)32/h9-10,13-16H,5-8,11-12H2,1-4H3,(H,29,30)(H,31,32). The second-order valence-electron chi connectivity index (χ2n) is 9.74. The van der Waals surface area contributed by atoms with Crippen molar-refractivity contribution in [3.8, 4) is 0 Å². The Morgan fingerprint density at radius 2 is 1.09 bits per heavy atom. The molecule has 2 aromatic heterocycles. The molecule has 2 heterocycles. The van der Waals surface area contributed by atoms with Crippen molar-refractivity contribution in [1.82, 2.24) is 0 Å². The van der Waals surface area contributed by atoms with Crippen molar-refractivity contribution in [3.63, 3.8) is 0 Å². The molecule has 0 spiro atoms. The number of hydrogen-bond donors (Lipinski definition) is 2. The number of hydrogen-bond acceptors (Lipinski definition) is 6. The van der Waals surface area contributed by atoms with E-state index in [0.29, 0.717) is 50.0 Å². The molecule has 8 nitrogen and oxygen atoms in total. The van der Waals surface area contributed by atoms with Crippen molar-refractivity contribution < 1.29 is 28.6 Å². The molecule has 0 aliphatic carbocycles. The first kappa shape index (κ1) is 26.8. The monoisotopic (exact) mass is 472 g/mol. The lowest BCUT2D eigenvalue weighted by Crippen LogP contribution is -2.23. The number of aliphatic carboxylic acids is 2. The van der Waals surface area contributed by atoms with Gasteiger partial charge in [-0.05, 0) is 65.5 Å². The van der Waals surface area contributed by atoms with E-state index in [1.54, 1.807) is 27.7 Å². The van der Waals surface area contributed by atoms with E-state index < -0.39 is 22.8 Å². The van der Waals surface area contributed by atoms with Gasteiger partial charge in [0.2, 0.25) is 0 Å². The molecule has 184 valence electrons. The highest BCUT2D eigenvalue weighted by molar-refractivity contribution is 5.73. The van der Waals surface area contributed by atoms with Gasteiger partial charge < -0.3 is 19.0 Å². The van der Waals surface area contributed by atoms with E-state index in [1.165, 1.54) is 36.4 Å². The van der Waals surface area contributed by atoms with Gasteiger partial charge in [0.15, 0.2) is 10.9 Å². The van der Waals surface area contributed by atoms with Crippen molar-refractivity contribution in [1.29, 1.82) is 0 Å². The first-order valence-corrected chi connectivity index (χ1v) is 11.2. The summed E-state index contributed by atoms with van der Waals surface area (Å²) >= 11 is 0. The van der Waals surface area contributed by atoms with E-state index in [4.69, 9.17) is 8.83 Å². The topological polar surface area (TPSA) is 135 Å². The maximum Gasteiger partial charge on any atom is 0.309 e. The van der Waals surface area contributed by atoms with Crippen LogP contribution < -0.4 is 10.9 Å². The molecule has 34 heavy (non-hydrogen) atoms. The third-order valence-corrected chi connectivity index (χ3v) is 5.69. The predicted octanol–water partition coefficient (Wildman–Crippen LogP) is 4.63. The van der Waals surface area contributed by atoms with Crippen molar-refractivity contribution in [2.45, 2.75) is 66.2 Å². The SMILES string of the molecule is CC(C)(CCCc1cc(=O)cc(C=Cc2cc(=O)cc(CCCC(C)(C)C(=O)O)o2)o1)C(=O)O. The number of carboxylic acids is 2. The predicted molar refractivity (Wildman–Crippen MR) is 128 cm³/mol. The smallest absolute Gasteiger partial charge is 0.309 e. The van der Waals surface area contributed by atoms with Gasteiger partial charge in [-0.3, -0.25) is 19.2 Å². The van der Waals surface area contributed by atoms with Crippen LogP contribution in [0.5, 0.6) is 0 Å². The van der Waals surface area contributed by atoms with Crippen LogP contribution in [0.25, 0.3) is 12.2 Å². The number of carboxylic acid groups (broad SMARTS) is 2. The summed E-state index contributed by atoms with van der Waals surface area (Å²) in [6.07, 6.45) is 5.87. The summed E-state index contributed by atoms with van der Waals surface area (Å²) < 4.78 is 11.5. The zero-order valence-electron chi connectivity index (χ0n) is 20.1. The van der Waals surface area contributed by atoms with Crippen LogP contribution in [0.4, 0.5) is 0 Å². The highest BCUT2D eigenvalue weighted by Crippen LogP contribution is 2.25. The van der Waals surface area contributed by atoms with Crippen molar-refractivity contribution in [3.05, 3.63) is 67.8 Å². The second kappa shape index (κ2) is 11.1. The van der Waals surface area contributed by atoms with Gasteiger partial charge in [-0.2, -0.15) is 0 Å². The van der Waals surface area contributed by atoms with Gasteiger partial charge in [-0.1, -0.05) is 0 Å². The first-order chi connectivity index (χ1) is 15.8. The average Bonchev–Trinajstić information content (AvgIpc) is 2.71. The van der Waals surface area contributed by atoms with Crippen LogP contribution in [-0.2, 0) is 22.4 Å². The van der Waals surface area contributed by atoms with Crippen LogP contribution in [0.3, 0.4) is 0 Å². The van der Waals surface area contributed by atoms with Crippen LogP contribution in [0.15, 0.2) is 42.7 Å². The molecule has 2 N–H and O–H groups in total. The van der Waals surface area contributed by atoms with Crippen LogP contribution in [0, 0.1) is 10.8 Å². The molecule has 0 saturated carbocycles. The van der Waals surface area contributed by atoms with Gasteiger partial charge in [0, 0.05) is 37.1 Å². The van der Waals surface area contributed by atoms with Crippen LogP contribution >= 0.6 is 0 Å². The summed E-state index contributed by atoms with van der Waals surface area (Å²) in [6.45, 7) is 6.61. The van der Waals surface area contributed by atoms with Crippen LogP contribution in [-0.4, -0.2) is 22.2 Å². The van der Waals surface area contributed by atoms with Gasteiger partial charge in [0.25, 0.3) is 0 Å². The Labute approximate surface area is 197 Å². The quantitative estimate of drug-likeness (QED) is 0.456. The van der Waals surface area contributed by atoms with Crippen molar-refractivity contribution in [2.75, 3.05) is 0 Å². The maximum atomic E-state index is 12.0. The zero-order chi connectivity index (χ0) is 25.5. The minimum Gasteiger partial charge on any atom is -0.481 e. The summed E-state index contributed by atoms with van der Waals surface area (Å²) in [5.74, 6) is -0.276. The van der Waals surface area contributed by atoms with E-state index in [-0.39, 0.29) is 22.4 Å². The fourth-order valence-corrected chi connectivity index (χ4v) is 3.30. The fourth-order valence-electron chi connectivity index (χ4n) is 3.30. The average molecular weight is 473 g/mol. The Morgan fingerprint density at radius 3 is 1.41 bits per heavy atom. The third-order valence-electron chi connectivity index (χ3n) is 5.69. The van der Waals surface area contributed by atoms with E-state index in [0.717, 1.165) is 0 Å². The van der Waals surface area contributed by atoms with Gasteiger partial charge >= 0.3 is 11.9 Å². The second-order valence-corrected chi connectivity index (χ2v) is 9.74. The van der Waals surface area contributed by atoms with Crippen molar-refractivity contribution in [2.24, 2.45) is 10.8 Å². The van der Waals surface area contributed by atoms with E-state index in [1.807, 2.05) is 0 Å². The van der Waals surface area contributed by atoms with Crippen LogP contribution in [0.2, 0.25) is 0 Å². The van der Waals surface area contributed by atoms with E-state index in [2.05, 4.69) is 0 Å². The van der Waals surface area contributed by atoms with E-state index in [9.17, 15) is 29.4 Å². The fraction of sp³-hybridized carbons (Fsp3) is 0.462. The summed E-state index contributed by atoms with van der Waals surface area (Å²) in [6, 6.07) is 5.39. The summed E-state index contributed by atoms with van der Waals surface area (Å²) in [7, 11) is 0. The molecule has 2 aromatic rings. The number of carbonyl (C=O) groups is 2. The molecule has 0 radical (unpaired) electrons. The lowest BCUT2D eigenvalue weighted by Gasteiger charge is -2.18. The minimum atomic E-state index is -0.875. The molecular weight excluding hydrogens is 440 g/mol. The van der Waals surface area contributed by atoms with Gasteiger partial charge in [-0.25, -0.2) is 0 Å². The molecule has 0 aliphatic heterocycles. The van der Waals surface area contributed by atoms with Gasteiger partial charge in [0.1, 0.15) is 23.0 Å². The minimum absolute atomic E-state index is 0.241. The molecule has 0 fully saturated rings. The molecule has 0 bridgehead atoms. The molecular formula is C26H32O8. The lowest BCUT2D eigenvalue weighted by molar-refractivity contribution is -0.148. The normalized spacial score (nSPS) is 12.2. The molecule has 0 amide bonds. The van der Waals surface area contributed by atoms with Gasteiger partial charge in [-0.15, -0.1) is 0 Å². The summed E-state index contributed by atoms with van der Waals surface area (Å²) in [4.78, 5) is 46.5. The largest absolute Gasteiger partial charge is 0.481 e. The number of aryl methyl sites for hydroxylation is 2. The van der Waals surface area contributed by atoms with Crippen LogP contribution in [0.1, 0.15) is 76.4 Å². The zero-order valence-corrected chi connectivity index (χ0v) is 20.1. The first-order valence-electron chi connectivity index (χ1n) is 11.2. The van der Waals surface area contributed by atoms with E-state index >= 15 is 0 Å². The number of rotatable bonds is 12. The molecule has 2 rings (SSSR count). The Morgan fingerprint density at radius 1 is 0.735 bits per heavy atom. The molecule has 0 unspecified atom stereocenters. The molecule has 0 aliphatic rings. The Kier molecular flexibility index (Phi) is 8.79. The lowest BCUT2D eigenvalue weighted by atomic mass is 9.87. The highest BCUT2D eigenvalue weighted by atomic mass is 16.4. The maximum absolute atomic E-state index is 12.0. The Bertz CT molecular complexity index is 1070. The highest BCUT2D eigenvalue weighted by Gasteiger charge is 2.27.